The fourth-order valence-electron chi connectivity index (χ4n) is 13.2. The van der Waals surface area contributed by atoms with E-state index in [4.69, 9.17) is 14.2 Å². The van der Waals surface area contributed by atoms with Gasteiger partial charge in [0.25, 0.3) is 0 Å². The molecular weight excluding hydrogens is 943 g/mol. The highest BCUT2D eigenvalue weighted by atomic mass is 19.2. The van der Waals surface area contributed by atoms with Crippen LogP contribution in [0, 0.1) is 76.3 Å². The summed E-state index contributed by atoms with van der Waals surface area (Å²) in [5.74, 6) is 1.32. The largest absolute Gasteiger partial charge is 0.491 e. The molecule has 0 amide bonds. The predicted octanol–water partition coefficient (Wildman–Crippen LogP) is 20.6. The zero-order valence-electron chi connectivity index (χ0n) is 46.9. The van der Waals surface area contributed by atoms with Crippen LogP contribution in [0.3, 0.4) is 0 Å². The molecule has 3 aromatic carbocycles. The second-order valence-electron chi connectivity index (χ2n) is 22.8. The number of benzene rings is 3. The third-order valence-electron chi connectivity index (χ3n) is 17.7. The number of ether oxygens (including phenoxy) is 3. The van der Waals surface area contributed by atoms with Crippen LogP contribution in [0.15, 0.2) is 36.4 Å². The number of hydrogen-bond acceptors (Lipinski definition) is 3. The van der Waals surface area contributed by atoms with Gasteiger partial charge in [-0.15, -0.1) is 0 Å². The molecule has 0 heterocycles. The Morgan fingerprint density at radius 1 is 0.338 bits per heavy atom. The molecule has 0 aliphatic heterocycles. The summed E-state index contributed by atoms with van der Waals surface area (Å²) in [7, 11) is 0. The third-order valence-corrected chi connectivity index (χ3v) is 17.7. The molecule has 4 aliphatic rings. The number of unbranched alkanes of at least 4 members (excludes halogenated alkanes) is 4. The van der Waals surface area contributed by atoms with Gasteiger partial charge in [0.1, 0.15) is 0 Å². The molecule has 4 fully saturated rings. The van der Waals surface area contributed by atoms with Crippen molar-refractivity contribution in [3.8, 4) is 17.2 Å². The van der Waals surface area contributed by atoms with Crippen LogP contribution in [-0.2, 0) is 12.8 Å². The van der Waals surface area contributed by atoms with Crippen LogP contribution in [0.4, 0.5) is 26.3 Å². The molecular formula is C65H98F6O3. The van der Waals surface area contributed by atoms with Crippen molar-refractivity contribution in [1.29, 1.82) is 0 Å². The summed E-state index contributed by atoms with van der Waals surface area (Å²) in [4.78, 5) is 0. The number of halogens is 6. The molecule has 418 valence electrons. The molecule has 0 radical (unpaired) electrons. The molecule has 7 rings (SSSR count). The molecule has 4 aliphatic carbocycles. The summed E-state index contributed by atoms with van der Waals surface area (Å²) >= 11 is 0. The zero-order valence-corrected chi connectivity index (χ0v) is 46.9. The lowest BCUT2D eigenvalue weighted by molar-refractivity contribution is 0.155. The maximum absolute atomic E-state index is 14.5. The molecule has 0 unspecified atom stereocenters. The Morgan fingerprint density at radius 2 is 0.676 bits per heavy atom. The van der Waals surface area contributed by atoms with Gasteiger partial charge in [-0.05, 0) is 167 Å². The van der Waals surface area contributed by atoms with Gasteiger partial charge in [0.05, 0.1) is 19.8 Å². The van der Waals surface area contributed by atoms with Crippen LogP contribution in [0.2, 0.25) is 0 Å². The minimum atomic E-state index is -0.842. The van der Waals surface area contributed by atoms with Crippen LogP contribution in [0.1, 0.15) is 244 Å². The standard InChI is InChI=1S/C25H38F2O.C21H32F2O.C19H28F2O/c1-3-5-6-7-18-8-10-19(11-9-18)20-12-14-21(15-13-20)22-16-17-23(28-4-2)25(27)24(22)26;1-3-5-6-7-16-8-10-17(11-9-16)12-13-18-14-15-19(24-4-2)21(23)20(18)22;1-3-5-14-6-8-15(9-7-14)10-11-16-12-13-17(22-4-2)19(21)18(16)20/h16-21H,3-15H2,1-2H3;14-17H,3-13H2,1-2H3;12-15H,3-11H2,1-2H3. The normalized spacial score (nSPS) is 24.0. The van der Waals surface area contributed by atoms with Crippen molar-refractivity contribution >= 4 is 0 Å². The van der Waals surface area contributed by atoms with E-state index in [1.807, 2.05) is 0 Å². The van der Waals surface area contributed by atoms with E-state index in [1.165, 1.54) is 154 Å². The van der Waals surface area contributed by atoms with Crippen molar-refractivity contribution in [2.75, 3.05) is 19.8 Å². The molecule has 0 atom stereocenters. The average Bonchev–Trinajstić information content (AvgIpc) is 3.42. The van der Waals surface area contributed by atoms with Gasteiger partial charge in [-0.2, -0.15) is 13.2 Å². The van der Waals surface area contributed by atoms with E-state index in [-0.39, 0.29) is 23.2 Å². The lowest BCUT2D eigenvalue weighted by Gasteiger charge is -2.38. The molecule has 0 N–H and O–H groups in total. The van der Waals surface area contributed by atoms with E-state index in [9.17, 15) is 26.3 Å². The van der Waals surface area contributed by atoms with Crippen LogP contribution < -0.4 is 14.2 Å². The van der Waals surface area contributed by atoms with Gasteiger partial charge in [-0.1, -0.05) is 167 Å². The van der Waals surface area contributed by atoms with Gasteiger partial charge in [0.2, 0.25) is 17.5 Å². The summed E-state index contributed by atoms with van der Waals surface area (Å²) in [6.07, 6.45) is 36.8. The van der Waals surface area contributed by atoms with E-state index < -0.39 is 34.9 Å². The predicted molar refractivity (Wildman–Crippen MR) is 293 cm³/mol. The smallest absolute Gasteiger partial charge is 0.200 e. The Morgan fingerprint density at radius 3 is 1.05 bits per heavy atom. The van der Waals surface area contributed by atoms with Gasteiger partial charge in [0, 0.05) is 0 Å². The Balaban J connectivity index is 0.000000207. The maximum atomic E-state index is 14.5. The minimum absolute atomic E-state index is 0.0174. The Hall–Kier alpha value is -3.36. The first-order chi connectivity index (χ1) is 35.9. The topological polar surface area (TPSA) is 27.7 Å². The lowest BCUT2D eigenvalue weighted by Crippen LogP contribution is -2.25. The average molecular weight is 1040 g/mol. The molecule has 0 spiro atoms. The number of hydrogen-bond donors (Lipinski definition) is 0. The fraction of sp³-hybridized carbons (Fsp3) is 0.723. The van der Waals surface area contributed by atoms with Crippen molar-refractivity contribution in [2.45, 2.75) is 240 Å². The van der Waals surface area contributed by atoms with Crippen molar-refractivity contribution < 1.29 is 40.6 Å². The molecule has 0 aromatic heterocycles. The Labute approximate surface area is 445 Å². The van der Waals surface area contributed by atoms with Crippen LogP contribution in [-0.4, -0.2) is 19.8 Å². The van der Waals surface area contributed by atoms with E-state index in [0.29, 0.717) is 61.2 Å². The highest BCUT2D eigenvalue weighted by Crippen LogP contribution is 2.46. The highest BCUT2D eigenvalue weighted by Gasteiger charge is 2.33. The first-order valence-electron chi connectivity index (χ1n) is 30.2. The Bertz CT molecular complexity index is 2010. The molecule has 0 bridgehead atoms. The first-order valence-corrected chi connectivity index (χ1v) is 30.2. The third kappa shape index (κ3) is 19.3. The second-order valence-corrected chi connectivity index (χ2v) is 22.8. The summed E-state index contributed by atoms with van der Waals surface area (Å²) < 4.78 is 100. The van der Waals surface area contributed by atoms with Crippen molar-refractivity contribution in [3.63, 3.8) is 0 Å². The van der Waals surface area contributed by atoms with Gasteiger partial charge >= 0.3 is 0 Å². The van der Waals surface area contributed by atoms with Gasteiger partial charge in [-0.3, -0.25) is 0 Å². The van der Waals surface area contributed by atoms with Gasteiger partial charge < -0.3 is 14.2 Å². The summed E-state index contributed by atoms with van der Waals surface area (Å²) in [6.45, 7) is 13.1. The van der Waals surface area contributed by atoms with E-state index in [0.717, 1.165) is 55.3 Å². The minimum Gasteiger partial charge on any atom is -0.491 e. The SMILES string of the molecule is CCCC1CCC(CCc2ccc(OCC)c(F)c2F)CC1.CCCCCC1CCC(C2CCC(c3ccc(OCC)c(F)c3F)CC2)CC1.CCCCCC1CCC(CCc2ccc(OCC)c(F)c2F)CC1. The van der Waals surface area contributed by atoms with Crippen LogP contribution in [0.25, 0.3) is 0 Å². The number of aryl methyl sites for hydroxylation is 2. The Kier molecular flexibility index (Phi) is 28.0. The molecule has 4 saturated carbocycles. The quantitative estimate of drug-likeness (QED) is 0.0661. The van der Waals surface area contributed by atoms with E-state index in [2.05, 4.69) is 20.8 Å². The van der Waals surface area contributed by atoms with Crippen LogP contribution >= 0.6 is 0 Å². The van der Waals surface area contributed by atoms with E-state index in [1.54, 1.807) is 57.2 Å². The molecule has 9 heteroatoms. The maximum Gasteiger partial charge on any atom is 0.200 e. The summed E-state index contributed by atoms with van der Waals surface area (Å²) in [5, 5.41) is 0. The fourth-order valence-corrected chi connectivity index (χ4v) is 13.2. The summed E-state index contributed by atoms with van der Waals surface area (Å²) in [6, 6.07) is 9.81. The first kappa shape index (κ1) is 61.5. The molecule has 3 nitrogen and oxygen atoms in total. The van der Waals surface area contributed by atoms with Crippen molar-refractivity contribution in [2.24, 2.45) is 41.4 Å². The zero-order chi connectivity index (χ0) is 53.2. The molecule has 74 heavy (non-hydrogen) atoms. The van der Waals surface area contributed by atoms with Crippen molar-refractivity contribution in [3.05, 3.63) is 88.0 Å². The van der Waals surface area contributed by atoms with E-state index >= 15 is 0 Å². The van der Waals surface area contributed by atoms with Gasteiger partial charge in [-0.25, -0.2) is 13.2 Å². The lowest BCUT2D eigenvalue weighted by atomic mass is 9.68. The second kappa shape index (κ2) is 33.7. The van der Waals surface area contributed by atoms with Crippen LogP contribution in [0.5, 0.6) is 17.2 Å². The van der Waals surface area contributed by atoms with Crippen molar-refractivity contribution in [1.82, 2.24) is 0 Å². The monoisotopic (exact) mass is 1040 g/mol. The number of rotatable bonds is 24. The van der Waals surface area contributed by atoms with Gasteiger partial charge in [0.15, 0.2) is 34.7 Å². The summed E-state index contributed by atoms with van der Waals surface area (Å²) in [5.41, 5.74) is 1.52. The molecule has 3 aromatic rings. The highest BCUT2D eigenvalue weighted by molar-refractivity contribution is 5.34. The molecule has 0 saturated heterocycles.